The van der Waals surface area contributed by atoms with Crippen LogP contribution in [0.5, 0.6) is 0 Å². The van der Waals surface area contributed by atoms with Gasteiger partial charge in [-0.15, -0.1) is 5.10 Å². The largest absolute Gasteiger partial charge is 0.326 e. The van der Waals surface area contributed by atoms with Crippen molar-refractivity contribution in [2.75, 3.05) is 18.4 Å². The minimum atomic E-state index is -0.361. The normalized spacial score (nSPS) is 13.4. The summed E-state index contributed by atoms with van der Waals surface area (Å²) in [7, 11) is 0. The van der Waals surface area contributed by atoms with Crippen molar-refractivity contribution in [3.8, 4) is 5.69 Å². The molecule has 0 radical (unpaired) electrons. The molecule has 1 aliphatic rings. The Bertz CT molecular complexity index is 1120. The van der Waals surface area contributed by atoms with Crippen LogP contribution in [-0.4, -0.2) is 55.8 Å². The van der Waals surface area contributed by atoms with Crippen molar-refractivity contribution < 1.29 is 14.4 Å². The van der Waals surface area contributed by atoms with E-state index in [0.29, 0.717) is 36.5 Å². The van der Waals surface area contributed by atoms with E-state index in [-0.39, 0.29) is 23.4 Å². The monoisotopic (exact) mass is 418 g/mol. The molecule has 2 aromatic carbocycles. The number of hydrazine groups is 1. The number of hydrogen-bond donors (Lipinski definition) is 1. The smallest absolute Gasteiger partial charge is 0.294 e. The first kappa shape index (κ1) is 20.3. The molecule has 9 nitrogen and oxygen atoms in total. The first-order chi connectivity index (χ1) is 14.9. The lowest BCUT2D eigenvalue weighted by Gasteiger charge is -2.27. The lowest BCUT2D eigenvalue weighted by molar-refractivity contribution is -0.114. The third-order valence-electron chi connectivity index (χ3n) is 4.92. The van der Waals surface area contributed by atoms with E-state index in [9.17, 15) is 14.4 Å². The number of anilines is 1. The van der Waals surface area contributed by atoms with Gasteiger partial charge in [-0.2, -0.15) is 9.90 Å². The summed E-state index contributed by atoms with van der Waals surface area (Å²) < 4.78 is 0. The number of nitrogens with one attached hydrogen (secondary N) is 1. The topological polar surface area (TPSA) is 100 Å². The van der Waals surface area contributed by atoms with Crippen molar-refractivity contribution in [2.45, 2.75) is 20.3 Å². The van der Waals surface area contributed by atoms with Gasteiger partial charge in [-0.05, 0) is 49.7 Å². The molecule has 0 bridgehead atoms. The van der Waals surface area contributed by atoms with Gasteiger partial charge in [-0.1, -0.05) is 18.2 Å². The van der Waals surface area contributed by atoms with Gasteiger partial charge in [0, 0.05) is 31.3 Å². The highest BCUT2D eigenvalue weighted by Gasteiger charge is 2.34. The van der Waals surface area contributed by atoms with E-state index in [1.165, 1.54) is 21.7 Å². The van der Waals surface area contributed by atoms with Crippen molar-refractivity contribution in [2.24, 2.45) is 0 Å². The minimum Gasteiger partial charge on any atom is -0.326 e. The summed E-state index contributed by atoms with van der Waals surface area (Å²) in [6, 6.07) is 15.9. The Kier molecular flexibility index (Phi) is 5.48. The summed E-state index contributed by atoms with van der Waals surface area (Å²) in [5.41, 5.74) is 2.49. The van der Waals surface area contributed by atoms with Crippen LogP contribution in [0.15, 0.2) is 54.6 Å². The highest BCUT2D eigenvalue weighted by Crippen LogP contribution is 2.20. The lowest BCUT2D eigenvalue weighted by atomic mass is 10.2. The number of aryl methyl sites for hydroxylation is 1. The number of aromatic nitrogens is 3. The van der Waals surface area contributed by atoms with Gasteiger partial charge in [0.2, 0.25) is 5.91 Å². The van der Waals surface area contributed by atoms with Crippen LogP contribution in [0.3, 0.4) is 0 Å². The van der Waals surface area contributed by atoms with Crippen LogP contribution in [-0.2, 0) is 4.79 Å². The molecule has 0 spiro atoms. The molecule has 1 aliphatic heterocycles. The molecule has 3 amide bonds. The fourth-order valence-corrected chi connectivity index (χ4v) is 3.46. The summed E-state index contributed by atoms with van der Waals surface area (Å²) in [4.78, 5) is 38.8. The number of para-hydroxylation sites is 1. The molecule has 3 aromatic rings. The zero-order valence-corrected chi connectivity index (χ0v) is 17.3. The van der Waals surface area contributed by atoms with Crippen LogP contribution < -0.4 is 5.32 Å². The minimum absolute atomic E-state index is 0.186. The van der Waals surface area contributed by atoms with Gasteiger partial charge in [0.15, 0.2) is 5.69 Å². The van der Waals surface area contributed by atoms with Crippen molar-refractivity contribution >= 4 is 23.4 Å². The summed E-state index contributed by atoms with van der Waals surface area (Å²) in [6.45, 7) is 4.00. The summed E-state index contributed by atoms with van der Waals surface area (Å²) >= 11 is 0. The molecule has 0 aliphatic carbocycles. The Balaban J connectivity index is 1.54. The standard InChI is InChI=1S/C22H22N6O3/c1-15-20(25-28(24-15)19-7-4-3-5-8-19)22(31)27-14-6-13-26(27)21(30)17-9-11-18(12-10-17)23-16(2)29/h3-5,7-12H,6,13-14H2,1-2H3,(H,23,29). The first-order valence-electron chi connectivity index (χ1n) is 9.94. The molecule has 2 heterocycles. The molecule has 31 heavy (non-hydrogen) atoms. The Hall–Kier alpha value is -4.01. The molecule has 4 rings (SSSR count). The molecule has 0 unspecified atom stereocenters. The van der Waals surface area contributed by atoms with E-state index in [4.69, 9.17) is 0 Å². The van der Waals surface area contributed by atoms with Gasteiger partial charge in [0.05, 0.1) is 11.4 Å². The second-order valence-electron chi connectivity index (χ2n) is 7.23. The number of benzene rings is 2. The predicted molar refractivity (Wildman–Crippen MR) is 114 cm³/mol. The van der Waals surface area contributed by atoms with Crippen LogP contribution in [0, 0.1) is 6.92 Å². The van der Waals surface area contributed by atoms with Gasteiger partial charge < -0.3 is 5.32 Å². The van der Waals surface area contributed by atoms with Gasteiger partial charge in [-0.25, -0.2) is 10.0 Å². The molecule has 1 N–H and O–H groups in total. The van der Waals surface area contributed by atoms with Crippen LogP contribution in [0.4, 0.5) is 5.69 Å². The van der Waals surface area contributed by atoms with E-state index >= 15 is 0 Å². The molecular formula is C22H22N6O3. The quantitative estimate of drug-likeness (QED) is 0.701. The number of carbonyl (C=O) groups excluding carboxylic acids is 3. The maximum absolute atomic E-state index is 13.2. The Labute approximate surface area is 179 Å². The number of hydrogen-bond acceptors (Lipinski definition) is 5. The van der Waals surface area contributed by atoms with Crippen LogP contribution >= 0.6 is 0 Å². The molecule has 9 heteroatoms. The Morgan fingerprint density at radius 2 is 1.52 bits per heavy atom. The third-order valence-corrected chi connectivity index (χ3v) is 4.92. The van der Waals surface area contributed by atoms with Crippen molar-refractivity contribution in [1.82, 2.24) is 25.0 Å². The van der Waals surface area contributed by atoms with Gasteiger partial charge in [0.1, 0.15) is 0 Å². The SMILES string of the molecule is CC(=O)Nc1ccc(C(=O)N2CCCN2C(=O)c2nn(-c3ccccc3)nc2C)cc1. The van der Waals surface area contributed by atoms with E-state index < -0.39 is 0 Å². The first-order valence-corrected chi connectivity index (χ1v) is 9.94. The van der Waals surface area contributed by atoms with Crippen molar-refractivity contribution in [3.63, 3.8) is 0 Å². The number of rotatable bonds is 4. The van der Waals surface area contributed by atoms with Crippen molar-refractivity contribution in [3.05, 3.63) is 71.5 Å². The summed E-state index contributed by atoms with van der Waals surface area (Å²) in [5, 5.41) is 14.3. The maximum Gasteiger partial charge on any atom is 0.294 e. The molecule has 158 valence electrons. The third kappa shape index (κ3) is 4.16. The highest BCUT2D eigenvalue weighted by molar-refractivity contribution is 5.99. The molecule has 0 saturated carbocycles. The second-order valence-corrected chi connectivity index (χ2v) is 7.23. The zero-order chi connectivity index (χ0) is 22.0. The Morgan fingerprint density at radius 3 is 2.16 bits per heavy atom. The Morgan fingerprint density at radius 1 is 0.871 bits per heavy atom. The fraction of sp³-hybridized carbons (Fsp3) is 0.227. The lowest BCUT2D eigenvalue weighted by Crippen LogP contribution is -2.45. The average molecular weight is 418 g/mol. The molecule has 1 saturated heterocycles. The highest BCUT2D eigenvalue weighted by atomic mass is 16.2. The van der Waals surface area contributed by atoms with Crippen LogP contribution in [0.2, 0.25) is 0 Å². The second kappa shape index (κ2) is 8.39. The van der Waals surface area contributed by atoms with Gasteiger partial charge in [-0.3, -0.25) is 14.4 Å². The van der Waals surface area contributed by atoms with Crippen molar-refractivity contribution in [1.29, 1.82) is 0 Å². The van der Waals surface area contributed by atoms with Crippen LogP contribution in [0.1, 0.15) is 39.9 Å². The molecule has 1 fully saturated rings. The predicted octanol–water partition coefficient (Wildman–Crippen LogP) is 2.44. The fourth-order valence-electron chi connectivity index (χ4n) is 3.46. The summed E-state index contributed by atoms with van der Waals surface area (Å²) in [6.07, 6.45) is 0.674. The molecule has 0 atom stereocenters. The van der Waals surface area contributed by atoms with E-state index in [1.54, 1.807) is 31.2 Å². The van der Waals surface area contributed by atoms with Crippen LogP contribution in [0.25, 0.3) is 5.69 Å². The average Bonchev–Trinajstić information content (AvgIpc) is 3.41. The van der Waals surface area contributed by atoms with E-state index in [2.05, 4.69) is 15.5 Å². The number of carbonyl (C=O) groups is 3. The van der Waals surface area contributed by atoms with E-state index in [0.717, 1.165) is 5.69 Å². The van der Waals surface area contributed by atoms with Gasteiger partial charge in [0.25, 0.3) is 11.8 Å². The number of amides is 3. The molecular weight excluding hydrogens is 396 g/mol. The molecule has 1 aromatic heterocycles. The summed E-state index contributed by atoms with van der Waals surface area (Å²) in [5.74, 6) is -0.831. The number of nitrogens with zero attached hydrogens (tertiary/aromatic N) is 5. The zero-order valence-electron chi connectivity index (χ0n) is 17.3. The maximum atomic E-state index is 13.2. The van der Waals surface area contributed by atoms with E-state index in [1.807, 2.05) is 30.3 Å². The van der Waals surface area contributed by atoms with Gasteiger partial charge >= 0.3 is 0 Å².